The molecule has 3 heteroatoms. The van der Waals surface area contributed by atoms with E-state index in [1.807, 2.05) is 36.9 Å². The summed E-state index contributed by atoms with van der Waals surface area (Å²) in [6.07, 6.45) is -0.508. The number of hydrogen-bond donors (Lipinski definition) is 1. The lowest BCUT2D eigenvalue weighted by atomic mass is 10.0. The first-order chi connectivity index (χ1) is 10.1. The third-order valence-corrected chi connectivity index (χ3v) is 5.11. The van der Waals surface area contributed by atoms with Crippen LogP contribution in [0.5, 0.6) is 5.75 Å². The number of aliphatic hydroxyl groups excluding tert-OH is 1. The minimum atomic E-state index is -0.508. The molecule has 21 heavy (non-hydrogen) atoms. The molecule has 0 fully saturated rings. The molecule has 3 rings (SSSR count). The predicted molar refractivity (Wildman–Crippen MR) is 87.2 cm³/mol. The maximum atomic E-state index is 9.86. The Balaban J connectivity index is 1.76. The quantitative estimate of drug-likeness (QED) is 0.912. The van der Waals surface area contributed by atoms with Crippen LogP contribution in [-0.4, -0.2) is 17.5 Å². The van der Waals surface area contributed by atoms with E-state index in [9.17, 15) is 5.11 Å². The van der Waals surface area contributed by atoms with Crippen LogP contribution in [-0.2, 0) is 0 Å². The van der Waals surface area contributed by atoms with Crippen LogP contribution in [0, 0.1) is 6.92 Å². The largest absolute Gasteiger partial charge is 0.493 e. The zero-order chi connectivity index (χ0) is 14.8. The maximum Gasteiger partial charge on any atom is 0.125 e. The highest BCUT2D eigenvalue weighted by Crippen LogP contribution is 2.39. The number of benzene rings is 2. The first kappa shape index (κ1) is 14.5. The van der Waals surface area contributed by atoms with E-state index in [0.29, 0.717) is 12.5 Å². The predicted octanol–water partition coefficient (Wildman–Crippen LogP) is 4.32. The van der Waals surface area contributed by atoms with Gasteiger partial charge >= 0.3 is 0 Å². The fourth-order valence-electron chi connectivity index (χ4n) is 2.67. The molecule has 2 aromatic rings. The molecule has 0 radical (unpaired) electrons. The van der Waals surface area contributed by atoms with Crippen LogP contribution in [0.4, 0.5) is 0 Å². The molecule has 0 aliphatic carbocycles. The Labute approximate surface area is 130 Å². The van der Waals surface area contributed by atoms with Crippen LogP contribution < -0.4 is 4.74 Å². The van der Waals surface area contributed by atoms with Crippen molar-refractivity contribution >= 4 is 11.8 Å². The van der Waals surface area contributed by atoms with Crippen LogP contribution in [0.25, 0.3) is 0 Å². The van der Waals surface area contributed by atoms with Crippen LogP contribution in [0.1, 0.15) is 35.6 Å². The van der Waals surface area contributed by atoms with Gasteiger partial charge in [0.15, 0.2) is 0 Å². The normalized spacial score (nSPS) is 18.3. The topological polar surface area (TPSA) is 29.5 Å². The lowest BCUT2D eigenvalue weighted by molar-refractivity contribution is 0.190. The molecule has 2 atom stereocenters. The molecule has 0 saturated carbocycles. The first-order valence-corrected chi connectivity index (χ1v) is 8.27. The maximum absolute atomic E-state index is 9.86. The summed E-state index contributed by atoms with van der Waals surface area (Å²) in [6.45, 7) is 4.48. The third kappa shape index (κ3) is 3.09. The fraction of sp³-hybridized carbons (Fsp3) is 0.333. The monoisotopic (exact) mass is 300 g/mol. The summed E-state index contributed by atoms with van der Waals surface area (Å²) in [7, 11) is 0. The molecule has 1 aliphatic heterocycles. The van der Waals surface area contributed by atoms with Gasteiger partial charge in [-0.2, -0.15) is 0 Å². The molecule has 0 bridgehead atoms. The zero-order valence-corrected chi connectivity index (χ0v) is 13.2. The second-order valence-electron chi connectivity index (χ2n) is 5.57. The highest BCUT2D eigenvalue weighted by Gasteiger charge is 2.23. The molecular weight excluding hydrogens is 280 g/mol. The molecule has 110 valence electrons. The van der Waals surface area contributed by atoms with E-state index in [-0.39, 0.29) is 0 Å². The van der Waals surface area contributed by atoms with Crippen molar-refractivity contribution in [2.75, 3.05) is 12.4 Å². The third-order valence-electron chi connectivity index (χ3n) is 3.86. The molecule has 2 aromatic carbocycles. The minimum Gasteiger partial charge on any atom is -0.493 e. The molecule has 0 saturated heterocycles. The Bertz CT molecular complexity index is 637. The van der Waals surface area contributed by atoms with Gasteiger partial charge in [0, 0.05) is 22.1 Å². The number of fused-ring (bicyclic) bond motifs is 1. The number of thioether (sulfide) groups is 1. The van der Waals surface area contributed by atoms with E-state index in [1.54, 1.807) is 6.92 Å². The van der Waals surface area contributed by atoms with Gasteiger partial charge < -0.3 is 9.84 Å². The summed E-state index contributed by atoms with van der Waals surface area (Å²) < 4.78 is 6.05. The van der Waals surface area contributed by atoms with Crippen molar-refractivity contribution in [3.8, 4) is 5.75 Å². The van der Waals surface area contributed by atoms with Gasteiger partial charge in [-0.1, -0.05) is 30.3 Å². The second kappa shape index (κ2) is 6.12. The van der Waals surface area contributed by atoms with E-state index in [2.05, 4.69) is 24.3 Å². The number of ether oxygens (including phenoxy) is 1. The molecule has 0 spiro atoms. The summed E-state index contributed by atoms with van der Waals surface area (Å²) in [6, 6.07) is 14.5. The summed E-state index contributed by atoms with van der Waals surface area (Å²) in [5.74, 6) is 2.29. The van der Waals surface area contributed by atoms with E-state index in [0.717, 1.165) is 22.6 Å². The number of rotatable bonds is 4. The van der Waals surface area contributed by atoms with Crippen LogP contribution in [0.3, 0.4) is 0 Å². The summed E-state index contributed by atoms with van der Waals surface area (Å²) in [5.41, 5.74) is 3.39. The Hall–Kier alpha value is -1.45. The van der Waals surface area contributed by atoms with Crippen molar-refractivity contribution in [3.05, 3.63) is 59.2 Å². The average Bonchev–Trinajstić information content (AvgIpc) is 2.88. The summed E-state index contributed by atoms with van der Waals surface area (Å²) >= 11 is 1.90. The number of aliphatic hydroxyl groups is 1. The number of hydrogen-bond acceptors (Lipinski definition) is 3. The van der Waals surface area contributed by atoms with Gasteiger partial charge in [-0.25, -0.2) is 0 Å². The molecular formula is C18H20O2S. The average molecular weight is 300 g/mol. The Morgan fingerprint density at radius 3 is 2.90 bits per heavy atom. The van der Waals surface area contributed by atoms with Crippen molar-refractivity contribution in [3.63, 3.8) is 0 Å². The summed E-state index contributed by atoms with van der Waals surface area (Å²) in [4.78, 5) is 1.37. The number of aryl methyl sites for hydroxylation is 1. The van der Waals surface area contributed by atoms with Crippen LogP contribution >= 0.6 is 11.8 Å². The Morgan fingerprint density at radius 1 is 1.29 bits per heavy atom. The minimum absolute atomic E-state index is 0.425. The van der Waals surface area contributed by atoms with Gasteiger partial charge in [0.05, 0.1) is 12.7 Å². The van der Waals surface area contributed by atoms with Crippen LogP contribution in [0.15, 0.2) is 47.4 Å². The Morgan fingerprint density at radius 2 is 2.10 bits per heavy atom. The SMILES string of the molecule is Cc1ccc([C@@H](C)O)c(OCC2CSc3ccccc32)c1. The van der Waals surface area contributed by atoms with Gasteiger partial charge in [-0.3, -0.25) is 0 Å². The van der Waals surface area contributed by atoms with Crippen molar-refractivity contribution in [1.29, 1.82) is 0 Å². The summed E-state index contributed by atoms with van der Waals surface area (Å²) in [5, 5.41) is 9.86. The van der Waals surface area contributed by atoms with Crippen molar-refractivity contribution in [2.24, 2.45) is 0 Å². The van der Waals surface area contributed by atoms with Crippen molar-refractivity contribution in [2.45, 2.75) is 30.8 Å². The second-order valence-corrected chi connectivity index (χ2v) is 6.64. The standard InChI is InChI=1S/C18H20O2S/c1-12-7-8-15(13(2)19)17(9-12)20-10-14-11-21-18-6-4-3-5-16(14)18/h3-9,13-14,19H,10-11H2,1-2H3/t13-,14?/m1/s1. The van der Waals surface area contributed by atoms with E-state index in [4.69, 9.17) is 4.74 Å². The lowest BCUT2D eigenvalue weighted by Crippen LogP contribution is -2.11. The van der Waals surface area contributed by atoms with E-state index < -0.39 is 6.10 Å². The molecule has 1 N–H and O–H groups in total. The highest BCUT2D eigenvalue weighted by molar-refractivity contribution is 7.99. The van der Waals surface area contributed by atoms with E-state index in [1.165, 1.54) is 10.5 Å². The molecule has 1 unspecified atom stereocenters. The zero-order valence-electron chi connectivity index (χ0n) is 12.4. The lowest BCUT2D eigenvalue weighted by Gasteiger charge is -2.17. The molecule has 1 heterocycles. The van der Waals surface area contributed by atoms with Gasteiger partial charge in [0.25, 0.3) is 0 Å². The first-order valence-electron chi connectivity index (χ1n) is 7.28. The smallest absolute Gasteiger partial charge is 0.125 e. The van der Waals surface area contributed by atoms with Gasteiger partial charge in [0.1, 0.15) is 5.75 Å². The molecule has 2 nitrogen and oxygen atoms in total. The van der Waals surface area contributed by atoms with Gasteiger partial charge in [-0.05, 0) is 37.1 Å². The fourth-order valence-corrected chi connectivity index (χ4v) is 3.90. The Kier molecular flexibility index (Phi) is 4.22. The van der Waals surface area contributed by atoms with Crippen molar-refractivity contribution < 1.29 is 9.84 Å². The molecule has 1 aliphatic rings. The highest BCUT2D eigenvalue weighted by atomic mass is 32.2. The van der Waals surface area contributed by atoms with Crippen molar-refractivity contribution in [1.82, 2.24) is 0 Å². The van der Waals surface area contributed by atoms with E-state index >= 15 is 0 Å². The molecule has 0 amide bonds. The van der Waals surface area contributed by atoms with Gasteiger partial charge in [-0.15, -0.1) is 11.8 Å². The molecule has 0 aromatic heterocycles. The van der Waals surface area contributed by atoms with Crippen LogP contribution in [0.2, 0.25) is 0 Å². The van der Waals surface area contributed by atoms with Gasteiger partial charge in [0.2, 0.25) is 0 Å².